The van der Waals surface area contributed by atoms with Crippen molar-refractivity contribution in [2.75, 3.05) is 4.72 Å². The fourth-order valence-corrected chi connectivity index (χ4v) is 3.08. The van der Waals surface area contributed by atoms with Gasteiger partial charge in [0.15, 0.2) is 4.90 Å². The molecule has 0 spiro atoms. The van der Waals surface area contributed by atoms with Gasteiger partial charge in [-0.2, -0.15) is 0 Å². The van der Waals surface area contributed by atoms with Gasteiger partial charge in [-0.3, -0.25) is 4.72 Å². The van der Waals surface area contributed by atoms with Crippen molar-refractivity contribution in [3.05, 3.63) is 58.4 Å². The Kier molecular flexibility index (Phi) is 4.15. The Morgan fingerprint density at radius 2 is 1.67 bits per heavy atom. The van der Waals surface area contributed by atoms with Crippen LogP contribution in [-0.2, 0) is 10.0 Å². The van der Waals surface area contributed by atoms with Crippen LogP contribution in [0.5, 0.6) is 0 Å². The van der Waals surface area contributed by atoms with Gasteiger partial charge in [0.2, 0.25) is 0 Å². The van der Waals surface area contributed by atoms with Crippen LogP contribution in [0.25, 0.3) is 0 Å². The van der Waals surface area contributed by atoms with E-state index < -0.39 is 32.4 Å². The minimum Gasteiger partial charge on any atom is -0.279 e. The van der Waals surface area contributed by atoms with Gasteiger partial charge < -0.3 is 0 Å². The van der Waals surface area contributed by atoms with Crippen molar-refractivity contribution in [2.24, 2.45) is 0 Å². The van der Waals surface area contributed by atoms with Crippen molar-refractivity contribution in [3.63, 3.8) is 0 Å². The number of sulfonamides is 1. The summed E-state index contributed by atoms with van der Waals surface area (Å²) in [5, 5.41) is -0.319. The van der Waals surface area contributed by atoms with E-state index in [0.717, 1.165) is 30.3 Å². The molecule has 0 amide bonds. The molecule has 0 bridgehead atoms. The highest BCUT2D eigenvalue weighted by molar-refractivity contribution is 7.92. The van der Waals surface area contributed by atoms with Crippen molar-refractivity contribution in [2.45, 2.75) is 11.8 Å². The molecule has 0 aliphatic heterocycles. The lowest BCUT2D eigenvalue weighted by molar-refractivity contribution is 0.516. The van der Waals surface area contributed by atoms with Gasteiger partial charge in [0, 0.05) is 0 Å². The third-order valence-corrected chi connectivity index (χ3v) is 4.39. The van der Waals surface area contributed by atoms with E-state index in [1.165, 1.54) is 6.92 Å². The minimum absolute atomic E-state index is 0.0195. The largest absolute Gasteiger partial charge is 0.279 e. The lowest BCUT2D eigenvalue weighted by Gasteiger charge is -2.11. The van der Waals surface area contributed by atoms with Crippen molar-refractivity contribution in [3.8, 4) is 0 Å². The zero-order valence-corrected chi connectivity index (χ0v) is 12.2. The predicted molar refractivity (Wildman–Crippen MR) is 73.3 cm³/mol. The van der Waals surface area contributed by atoms with Gasteiger partial charge in [-0.05, 0) is 36.8 Å². The molecule has 0 saturated heterocycles. The Balaban J connectivity index is 2.48. The molecular weight excluding hydrogens is 327 g/mol. The highest BCUT2D eigenvalue weighted by Gasteiger charge is 2.25. The Labute approximate surface area is 124 Å². The Morgan fingerprint density at radius 3 is 2.29 bits per heavy atom. The van der Waals surface area contributed by atoms with Crippen LogP contribution < -0.4 is 4.72 Å². The summed E-state index contributed by atoms with van der Waals surface area (Å²) in [6, 6.07) is 5.00. The number of rotatable bonds is 3. The van der Waals surface area contributed by atoms with Crippen molar-refractivity contribution in [1.82, 2.24) is 0 Å². The lowest BCUT2D eigenvalue weighted by Crippen LogP contribution is -2.17. The number of halogens is 4. The highest BCUT2D eigenvalue weighted by Crippen LogP contribution is 2.26. The summed E-state index contributed by atoms with van der Waals surface area (Å²) in [6.07, 6.45) is 0. The molecule has 21 heavy (non-hydrogen) atoms. The van der Waals surface area contributed by atoms with Crippen molar-refractivity contribution >= 4 is 27.3 Å². The van der Waals surface area contributed by atoms with Gasteiger partial charge in [-0.25, -0.2) is 21.6 Å². The lowest BCUT2D eigenvalue weighted by atomic mass is 10.2. The standard InChI is InChI=1S/C13H9ClF3NO2S/c1-7-2-4-11(16)13(12(7)17)21(19,20)18-8-3-5-10(15)9(14)6-8/h2-6,18H,1H3. The first-order valence-electron chi connectivity index (χ1n) is 5.65. The molecule has 2 aromatic carbocycles. The molecule has 0 aliphatic carbocycles. The molecule has 0 heterocycles. The first kappa shape index (κ1) is 15.7. The summed E-state index contributed by atoms with van der Waals surface area (Å²) in [7, 11) is -4.51. The minimum atomic E-state index is -4.51. The molecule has 0 radical (unpaired) electrons. The van der Waals surface area contributed by atoms with E-state index in [4.69, 9.17) is 11.6 Å². The van der Waals surface area contributed by atoms with E-state index in [1.807, 2.05) is 4.72 Å². The molecule has 0 fully saturated rings. The van der Waals surface area contributed by atoms with Crippen LogP contribution in [-0.4, -0.2) is 8.42 Å². The summed E-state index contributed by atoms with van der Waals surface area (Å²) in [6.45, 7) is 1.31. The third-order valence-electron chi connectivity index (χ3n) is 2.68. The van der Waals surface area contributed by atoms with Gasteiger partial charge in [0.1, 0.15) is 17.5 Å². The molecule has 2 rings (SSSR count). The summed E-state index contributed by atoms with van der Waals surface area (Å²) in [5.74, 6) is -3.15. The monoisotopic (exact) mass is 335 g/mol. The fourth-order valence-electron chi connectivity index (χ4n) is 1.64. The quantitative estimate of drug-likeness (QED) is 0.925. The molecule has 0 unspecified atom stereocenters. The zero-order valence-electron chi connectivity index (χ0n) is 10.6. The van der Waals surface area contributed by atoms with Gasteiger partial charge in [-0.15, -0.1) is 0 Å². The van der Waals surface area contributed by atoms with Crippen LogP contribution in [0.3, 0.4) is 0 Å². The van der Waals surface area contributed by atoms with E-state index >= 15 is 0 Å². The summed E-state index contributed by atoms with van der Waals surface area (Å²) < 4.78 is 66.6. The highest BCUT2D eigenvalue weighted by atomic mass is 35.5. The van der Waals surface area contributed by atoms with Gasteiger partial charge >= 0.3 is 0 Å². The molecular formula is C13H9ClF3NO2S. The zero-order chi connectivity index (χ0) is 15.8. The average molecular weight is 336 g/mol. The molecule has 0 saturated carbocycles. The Bertz CT molecular complexity index is 809. The smallest absolute Gasteiger partial charge is 0.267 e. The summed E-state index contributed by atoms with van der Waals surface area (Å²) in [4.78, 5) is -1.09. The SMILES string of the molecule is Cc1ccc(F)c(S(=O)(=O)Nc2ccc(F)c(Cl)c2)c1F. The number of anilines is 1. The van der Waals surface area contributed by atoms with E-state index in [-0.39, 0.29) is 16.3 Å². The third kappa shape index (κ3) is 3.14. The van der Waals surface area contributed by atoms with Crippen molar-refractivity contribution < 1.29 is 21.6 Å². The second-order valence-electron chi connectivity index (χ2n) is 4.24. The summed E-state index contributed by atoms with van der Waals surface area (Å²) >= 11 is 5.52. The van der Waals surface area contributed by atoms with Crippen LogP contribution >= 0.6 is 11.6 Å². The van der Waals surface area contributed by atoms with Gasteiger partial charge in [0.25, 0.3) is 10.0 Å². The molecule has 1 N–H and O–H groups in total. The molecule has 2 aromatic rings. The number of aryl methyl sites for hydroxylation is 1. The second kappa shape index (κ2) is 5.57. The van der Waals surface area contributed by atoms with Crippen LogP contribution in [0, 0.1) is 24.4 Å². The van der Waals surface area contributed by atoms with E-state index in [0.29, 0.717) is 0 Å². The van der Waals surface area contributed by atoms with Crippen molar-refractivity contribution in [1.29, 1.82) is 0 Å². The van der Waals surface area contributed by atoms with Gasteiger partial charge in [0.05, 0.1) is 10.7 Å². The van der Waals surface area contributed by atoms with Crippen LogP contribution in [0.15, 0.2) is 35.2 Å². The molecule has 8 heteroatoms. The normalized spacial score (nSPS) is 11.5. The maximum absolute atomic E-state index is 13.9. The second-order valence-corrected chi connectivity index (χ2v) is 6.27. The summed E-state index contributed by atoms with van der Waals surface area (Å²) in [5.41, 5.74) is -0.129. The maximum Gasteiger partial charge on any atom is 0.267 e. The number of hydrogen-bond donors (Lipinski definition) is 1. The van der Waals surface area contributed by atoms with E-state index in [1.54, 1.807) is 0 Å². The number of benzene rings is 2. The average Bonchev–Trinajstić information content (AvgIpc) is 2.38. The Morgan fingerprint density at radius 1 is 1.05 bits per heavy atom. The molecule has 3 nitrogen and oxygen atoms in total. The molecule has 112 valence electrons. The van der Waals surface area contributed by atoms with Crippen LogP contribution in [0.4, 0.5) is 18.9 Å². The fraction of sp³-hybridized carbons (Fsp3) is 0.0769. The maximum atomic E-state index is 13.9. The molecule has 0 atom stereocenters. The van der Waals surface area contributed by atoms with Gasteiger partial charge in [-0.1, -0.05) is 17.7 Å². The molecule has 0 aliphatic rings. The molecule has 0 aromatic heterocycles. The van der Waals surface area contributed by atoms with Crippen LogP contribution in [0.2, 0.25) is 5.02 Å². The first-order valence-corrected chi connectivity index (χ1v) is 7.51. The number of nitrogens with one attached hydrogen (secondary N) is 1. The van der Waals surface area contributed by atoms with E-state index in [2.05, 4.69) is 0 Å². The van der Waals surface area contributed by atoms with Crippen LogP contribution in [0.1, 0.15) is 5.56 Å². The Hall–Kier alpha value is -1.73. The van der Waals surface area contributed by atoms with E-state index in [9.17, 15) is 21.6 Å². The first-order chi connectivity index (χ1) is 9.72. The topological polar surface area (TPSA) is 46.2 Å². The number of hydrogen-bond acceptors (Lipinski definition) is 2. The predicted octanol–water partition coefficient (Wildman–Crippen LogP) is 3.87.